The molecule has 0 aliphatic rings. The molecule has 0 fully saturated rings. The van der Waals surface area contributed by atoms with Crippen molar-refractivity contribution in [2.24, 2.45) is 23.1 Å². The molecule has 0 heterocycles. The number of nitrogens with one attached hydrogen (secondary N) is 4. The summed E-state index contributed by atoms with van der Waals surface area (Å²) in [5.41, 5.74) is 17.3. The van der Waals surface area contributed by atoms with Crippen LogP contribution in [0.15, 0.2) is 30.3 Å². The van der Waals surface area contributed by atoms with E-state index in [0.717, 1.165) is 0 Å². The number of carbonyl (C=O) groups excluding carboxylic acids is 6. The summed E-state index contributed by atoms with van der Waals surface area (Å²) in [5, 5.41) is 30.3. The van der Waals surface area contributed by atoms with Crippen LogP contribution < -0.4 is 38.5 Å². The minimum atomic E-state index is -1.55. The minimum absolute atomic E-state index is 0.0278. The van der Waals surface area contributed by atoms with Crippen LogP contribution in [0.5, 0.6) is 0 Å². The van der Waals surface area contributed by atoms with E-state index in [2.05, 4.69) is 21.3 Å². The maximum Gasteiger partial charge on any atom is 0.326 e. The van der Waals surface area contributed by atoms with Crippen molar-refractivity contribution in [1.82, 2.24) is 26.2 Å². The highest BCUT2D eigenvalue weighted by atomic mass is 16.4. The predicted octanol–water partition coefficient (Wildman–Crippen LogP) is -1.36. The number of primary amides is 1. The highest BCUT2D eigenvalue weighted by molar-refractivity contribution is 5.97. The first-order valence-electron chi connectivity index (χ1n) is 17.5. The highest BCUT2D eigenvalue weighted by Gasteiger charge is 2.39. The Morgan fingerprint density at radius 3 is 1.88 bits per heavy atom. The summed E-state index contributed by atoms with van der Waals surface area (Å²) in [5.74, 6) is -6.03. The van der Waals surface area contributed by atoms with Crippen LogP contribution in [0.4, 0.5) is 0 Å². The zero-order valence-corrected chi connectivity index (χ0v) is 31.0. The molecule has 0 radical (unpaired) electrons. The first-order chi connectivity index (χ1) is 24.3. The topological polar surface area (TPSA) is 289 Å². The first kappa shape index (κ1) is 45.4. The summed E-state index contributed by atoms with van der Waals surface area (Å²) in [7, 11) is 0. The number of carbonyl (C=O) groups is 7. The van der Waals surface area contributed by atoms with Crippen molar-refractivity contribution < 1.29 is 43.8 Å². The monoisotopic (exact) mass is 734 g/mol. The third-order valence-electron chi connectivity index (χ3n) is 8.17. The van der Waals surface area contributed by atoms with E-state index in [0.29, 0.717) is 24.9 Å². The summed E-state index contributed by atoms with van der Waals surface area (Å²) in [6, 6.07) is 0.382. The number of benzene rings is 1. The van der Waals surface area contributed by atoms with Crippen LogP contribution in [-0.4, -0.2) is 111 Å². The van der Waals surface area contributed by atoms with Gasteiger partial charge >= 0.3 is 5.97 Å². The summed E-state index contributed by atoms with van der Waals surface area (Å²) >= 11 is 0. The van der Waals surface area contributed by atoms with Crippen molar-refractivity contribution in [2.75, 3.05) is 6.54 Å². The SMILES string of the molecule is CC(C)C[C@H](NC(=O)[C@H](Cc1ccccc1)NC(=O)[C@H](C)NC(=O)[C@H](CCCCN)N(C(=O)[C@@H](NC(=O)[C@@H](N)CC(N)=O)[C@@H](C)O)C(C)C)C(=O)O. The third-order valence-corrected chi connectivity index (χ3v) is 8.17. The van der Waals surface area contributed by atoms with Crippen molar-refractivity contribution in [2.45, 2.75) is 128 Å². The van der Waals surface area contributed by atoms with Crippen molar-refractivity contribution >= 4 is 41.4 Å². The quantitative estimate of drug-likeness (QED) is 0.0592. The molecule has 0 saturated carbocycles. The smallest absolute Gasteiger partial charge is 0.326 e. The number of carboxylic acid groups (broad SMARTS) is 1. The van der Waals surface area contributed by atoms with Gasteiger partial charge in [0.2, 0.25) is 35.4 Å². The van der Waals surface area contributed by atoms with E-state index in [1.165, 1.54) is 18.7 Å². The van der Waals surface area contributed by atoms with Crippen LogP contribution in [-0.2, 0) is 40.0 Å². The molecule has 7 atom stereocenters. The van der Waals surface area contributed by atoms with Crippen LogP contribution >= 0.6 is 0 Å². The van der Waals surface area contributed by atoms with Gasteiger partial charge in [-0.25, -0.2) is 4.79 Å². The lowest BCUT2D eigenvalue weighted by atomic mass is 10.0. The molecule has 1 aromatic rings. The molecule has 1 aromatic carbocycles. The number of carboxylic acids is 1. The number of rotatable bonds is 23. The van der Waals surface area contributed by atoms with Gasteiger partial charge in [0.1, 0.15) is 30.2 Å². The average molecular weight is 735 g/mol. The van der Waals surface area contributed by atoms with Crippen LogP contribution in [0.3, 0.4) is 0 Å². The molecule has 12 N–H and O–H groups in total. The Morgan fingerprint density at radius 2 is 1.38 bits per heavy atom. The summed E-state index contributed by atoms with van der Waals surface area (Å²) in [4.78, 5) is 91.8. The molecule has 0 aliphatic heterocycles. The van der Waals surface area contributed by atoms with Gasteiger partial charge in [-0.1, -0.05) is 44.2 Å². The number of aliphatic hydroxyl groups excluding tert-OH is 1. The molecule has 17 heteroatoms. The molecule has 6 amide bonds. The second kappa shape index (κ2) is 22.4. The number of hydrogen-bond acceptors (Lipinski definition) is 10. The Bertz CT molecular complexity index is 1360. The van der Waals surface area contributed by atoms with Gasteiger partial charge in [-0.3, -0.25) is 28.8 Å². The molecule has 0 bridgehead atoms. The molecule has 52 heavy (non-hydrogen) atoms. The van der Waals surface area contributed by atoms with Crippen LogP contribution in [0, 0.1) is 5.92 Å². The lowest BCUT2D eigenvalue weighted by Crippen LogP contribution is -2.63. The molecule has 0 aliphatic carbocycles. The van der Waals surface area contributed by atoms with Gasteiger partial charge in [0.05, 0.1) is 18.6 Å². The van der Waals surface area contributed by atoms with Crippen LogP contribution in [0.25, 0.3) is 0 Å². The van der Waals surface area contributed by atoms with Gasteiger partial charge < -0.3 is 53.6 Å². The van der Waals surface area contributed by atoms with Gasteiger partial charge in [0.25, 0.3) is 0 Å². The number of amides is 6. The number of aliphatic hydroxyl groups is 1. The molecule has 0 unspecified atom stereocenters. The fraction of sp³-hybridized carbons (Fsp3) is 0.629. The Hall–Kier alpha value is -4.61. The fourth-order valence-electron chi connectivity index (χ4n) is 5.46. The minimum Gasteiger partial charge on any atom is -0.480 e. The molecule has 0 saturated heterocycles. The van der Waals surface area contributed by atoms with E-state index < -0.39 is 96.2 Å². The Balaban J connectivity index is 3.34. The molecule has 292 valence electrons. The Kier molecular flexibility index (Phi) is 19.5. The molecule has 0 aromatic heterocycles. The molecule has 17 nitrogen and oxygen atoms in total. The molecular formula is C35H58N8O9. The van der Waals surface area contributed by atoms with Gasteiger partial charge in [0.15, 0.2) is 0 Å². The lowest BCUT2D eigenvalue weighted by molar-refractivity contribution is -0.148. The molecular weight excluding hydrogens is 676 g/mol. The van der Waals surface area contributed by atoms with Crippen LogP contribution in [0.1, 0.15) is 79.2 Å². The van der Waals surface area contributed by atoms with Gasteiger partial charge in [-0.05, 0) is 71.4 Å². The first-order valence-corrected chi connectivity index (χ1v) is 17.5. The zero-order valence-electron chi connectivity index (χ0n) is 31.0. The molecule has 0 spiro atoms. The lowest BCUT2D eigenvalue weighted by Gasteiger charge is -2.38. The molecule has 1 rings (SSSR count). The highest BCUT2D eigenvalue weighted by Crippen LogP contribution is 2.17. The van der Waals surface area contributed by atoms with E-state index in [1.54, 1.807) is 44.2 Å². The van der Waals surface area contributed by atoms with Gasteiger partial charge in [-0.15, -0.1) is 0 Å². The maximum absolute atomic E-state index is 14.0. The van der Waals surface area contributed by atoms with Crippen molar-refractivity contribution in [3.8, 4) is 0 Å². The van der Waals surface area contributed by atoms with Crippen molar-refractivity contribution in [3.63, 3.8) is 0 Å². The summed E-state index contributed by atoms with van der Waals surface area (Å²) in [6.45, 7) is 9.85. The third kappa shape index (κ3) is 15.3. The normalized spacial score (nSPS) is 15.3. The Labute approximate surface area is 305 Å². The zero-order chi connectivity index (χ0) is 39.7. The van der Waals surface area contributed by atoms with E-state index in [-0.39, 0.29) is 25.2 Å². The number of unbranched alkanes of at least 4 members (excludes halogenated alkanes) is 1. The fourth-order valence-corrected chi connectivity index (χ4v) is 5.46. The van der Waals surface area contributed by atoms with Crippen molar-refractivity contribution in [1.29, 1.82) is 0 Å². The number of nitrogens with zero attached hydrogens (tertiary/aromatic N) is 1. The van der Waals surface area contributed by atoms with E-state index in [1.807, 2.05) is 13.8 Å². The number of aliphatic carboxylic acids is 1. The van der Waals surface area contributed by atoms with E-state index in [4.69, 9.17) is 17.2 Å². The second-order valence-electron chi connectivity index (χ2n) is 13.7. The average Bonchev–Trinajstić information content (AvgIpc) is 3.05. The predicted molar refractivity (Wildman–Crippen MR) is 193 cm³/mol. The summed E-state index contributed by atoms with van der Waals surface area (Å²) in [6.07, 6.45) is -0.740. The largest absolute Gasteiger partial charge is 0.480 e. The standard InChI is InChI=1S/C35H58N8O9/c1-19(2)16-26(35(51)52)41-32(48)25(17-23-12-8-7-9-13-23)40-30(46)21(5)39-33(49)27(14-10-11-15-36)43(20(3)4)34(50)29(22(6)44)42-31(47)24(37)18-28(38)45/h7-9,12-13,19-22,24-27,29,44H,10-11,14-18,36-37H2,1-6H3,(H2,38,45)(H,39,49)(H,40,46)(H,41,48)(H,42,47)(H,51,52)/t21-,22+,24-,25-,26-,27-,29-/m0/s1. The summed E-state index contributed by atoms with van der Waals surface area (Å²) < 4.78 is 0. The van der Waals surface area contributed by atoms with E-state index >= 15 is 0 Å². The van der Waals surface area contributed by atoms with Gasteiger partial charge in [0, 0.05) is 12.5 Å². The van der Waals surface area contributed by atoms with Gasteiger partial charge in [-0.2, -0.15) is 0 Å². The van der Waals surface area contributed by atoms with E-state index in [9.17, 15) is 43.8 Å². The number of nitrogens with two attached hydrogens (primary N) is 3. The maximum atomic E-state index is 14.0. The van der Waals surface area contributed by atoms with Crippen molar-refractivity contribution in [3.05, 3.63) is 35.9 Å². The van der Waals surface area contributed by atoms with Crippen LogP contribution in [0.2, 0.25) is 0 Å². The second-order valence-corrected chi connectivity index (χ2v) is 13.7. The Morgan fingerprint density at radius 1 is 0.788 bits per heavy atom. The number of hydrogen-bond donors (Lipinski definition) is 9.